The van der Waals surface area contributed by atoms with Crippen molar-refractivity contribution in [3.05, 3.63) is 46.5 Å². The molecule has 0 radical (unpaired) electrons. The second-order valence-corrected chi connectivity index (χ2v) is 5.98. The van der Waals surface area contributed by atoms with Crippen LogP contribution in [0.2, 0.25) is 0 Å². The third kappa shape index (κ3) is 3.75. The largest absolute Gasteiger partial charge is 0.427 e. The number of carbonyl (C=O) groups excluding carboxylic acids is 1. The van der Waals surface area contributed by atoms with E-state index in [1.54, 1.807) is 30.3 Å². The first-order valence-electron chi connectivity index (χ1n) is 7.62. The van der Waals surface area contributed by atoms with E-state index < -0.39 is 23.5 Å². The van der Waals surface area contributed by atoms with Gasteiger partial charge in [0.2, 0.25) is 11.8 Å². The number of halogens is 2. The molecule has 3 rings (SSSR count). The van der Waals surface area contributed by atoms with Gasteiger partial charge in [-0.1, -0.05) is 18.2 Å². The molecular formula is C17H17F2NO3. The molecule has 0 saturated heterocycles. The van der Waals surface area contributed by atoms with Crippen molar-refractivity contribution < 1.29 is 18.0 Å². The van der Waals surface area contributed by atoms with Gasteiger partial charge in [-0.25, -0.2) is 13.6 Å². The van der Waals surface area contributed by atoms with Gasteiger partial charge in [-0.2, -0.15) is 0 Å². The lowest BCUT2D eigenvalue weighted by molar-refractivity contribution is -0.122. The lowest BCUT2D eigenvalue weighted by Crippen LogP contribution is -2.42. The summed E-state index contributed by atoms with van der Waals surface area (Å²) in [4.78, 5) is 23.9. The minimum Gasteiger partial charge on any atom is -0.427 e. The van der Waals surface area contributed by atoms with Gasteiger partial charge in [0.25, 0.3) is 0 Å². The van der Waals surface area contributed by atoms with Crippen LogP contribution in [0.5, 0.6) is 0 Å². The van der Waals surface area contributed by atoms with E-state index in [1.807, 2.05) is 0 Å². The molecule has 1 N–H and O–H groups in total. The Morgan fingerprint density at radius 1 is 1.35 bits per heavy atom. The summed E-state index contributed by atoms with van der Waals surface area (Å²) in [7, 11) is 0. The summed E-state index contributed by atoms with van der Waals surface area (Å²) in [6, 6.07) is 8.03. The van der Waals surface area contributed by atoms with Gasteiger partial charge in [-0.15, -0.1) is 0 Å². The van der Waals surface area contributed by atoms with Crippen molar-refractivity contribution in [3.63, 3.8) is 0 Å². The van der Waals surface area contributed by atoms with Crippen LogP contribution in [0.4, 0.5) is 8.78 Å². The molecule has 1 heterocycles. The molecule has 1 amide bonds. The average Bonchev–Trinajstić information content (AvgIpc) is 2.46. The molecule has 1 aliphatic rings. The summed E-state index contributed by atoms with van der Waals surface area (Å²) in [5.41, 5.74) is -0.505. The second-order valence-electron chi connectivity index (χ2n) is 5.98. The summed E-state index contributed by atoms with van der Waals surface area (Å²) < 4.78 is 31.8. The lowest BCUT2D eigenvalue weighted by Gasteiger charge is -2.29. The number of fused-ring (bicyclic) bond motifs is 1. The molecule has 1 aromatic carbocycles. The van der Waals surface area contributed by atoms with Crippen molar-refractivity contribution in [2.45, 2.75) is 44.1 Å². The molecule has 1 saturated carbocycles. The topological polar surface area (TPSA) is 59.3 Å². The van der Waals surface area contributed by atoms with E-state index in [1.165, 1.54) is 0 Å². The van der Waals surface area contributed by atoms with Crippen LogP contribution >= 0.6 is 0 Å². The summed E-state index contributed by atoms with van der Waals surface area (Å²) in [5.74, 6) is -2.90. The highest BCUT2D eigenvalue weighted by atomic mass is 19.3. The van der Waals surface area contributed by atoms with Gasteiger partial charge >= 0.3 is 5.63 Å². The van der Waals surface area contributed by atoms with Crippen LogP contribution in [0, 0.1) is 0 Å². The van der Waals surface area contributed by atoms with Gasteiger partial charge in [0.15, 0.2) is 0 Å². The number of benzene rings is 1. The number of rotatable bonds is 3. The SMILES string of the molecule is O=C(Cc1cc2ccccc2c(=O)o1)NC1CCCC(F)(F)C1. The molecule has 1 unspecified atom stereocenters. The monoisotopic (exact) mass is 321 g/mol. The molecule has 1 aromatic heterocycles. The molecule has 4 nitrogen and oxygen atoms in total. The van der Waals surface area contributed by atoms with E-state index in [2.05, 4.69) is 5.32 Å². The van der Waals surface area contributed by atoms with Gasteiger partial charge in [0, 0.05) is 18.9 Å². The van der Waals surface area contributed by atoms with Gasteiger partial charge in [0.05, 0.1) is 11.8 Å². The minimum absolute atomic E-state index is 0.126. The number of carbonyl (C=O) groups is 1. The third-order valence-corrected chi connectivity index (χ3v) is 4.06. The molecule has 23 heavy (non-hydrogen) atoms. The summed E-state index contributed by atoms with van der Waals surface area (Å²) in [6.07, 6.45) is 0.341. The molecule has 0 spiro atoms. The van der Waals surface area contributed by atoms with Crippen molar-refractivity contribution >= 4 is 16.7 Å². The molecule has 2 aromatic rings. The number of nitrogens with one attached hydrogen (secondary N) is 1. The van der Waals surface area contributed by atoms with Gasteiger partial charge in [-0.3, -0.25) is 4.79 Å². The highest BCUT2D eigenvalue weighted by Gasteiger charge is 2.36. The normalized spacial score (nSPS) is 20.3. The second kappa shape index (κ2) is 6.10. The quantitative estimate of drug-likeness (QED) is 0.945. The minimum atomic E-state index is -2.72. The molecule has 1 fully saturated rings. The average molecular weight is 321 g/mol. The summed E-state index contributed by atoms with van der Waals surface area (Å²) in [5, 5.41) is 3.75. The van der Waals surface area contributed by atoms with E-state index >= 15 is 0 Å². The van der Waals surface area contributed by atoms with E-state index in [9.17, 15) is 18.4 Å². The van der Waals surface area contributed by atoms with E-state index in [0.29, 0.717) is 23.6 Å². The van der Waals surface area contributed by atoms with Crippen molar-refractivity contribution in [2.24, 2.45) is 0 Å². The Bertz CT molecular complexity index is 785. The van der Waals surface area contributed by atoms with E-state index in [4.69, 9.17) is 4.42 Å². The van der Waals surface area contributed by atoms with Crippen molar-refractivity contribution in [2.75, 3.05) is 0 Å². The first-order valence-corrected chi connectivity index (χ1v) is 7.62. The Kier molecular flexibility index (Phi) is 4.15. The molecule has 1 aliphatic carbocycles. The fourth-order valence-corrected chi connectivity index (χ4v) is 3.00. The number of hydrogen-bond acceptors (Lipinski definition) is 3. The highest BCUT2D eigenvalue weighted by Crippen LogP contribution is 2.33. The maximum absolute atomic E-state index is 13.3. The predicted octanol–water partition coefficient (Wildman–Crippen LogP) is 3.03. The Labute approximate surface area is 131 Å². The van der Waals surface area contributed by atoms with E-state index in [-0.39, 0.29) is 25.0 Å². The molecule has 0 bridgehead atoms. The zero-order valence-corrected chi connectivity index (χ0v) is 12.5. The lowest BCUT2D eigenvalue weighted by atomic mass is 9.92. The third-order valence-electron chi connectivity index (χ3n) is 4.06. The van der Waals surface area contributed by atoms with Gasteiger partial charge in [0.1, 0.15) is 5.76 Å². The number of hydrogen-bond donors (Lipinski definition) is 1. The smallest absolute Gasteiger partial charge is 0.343 e. The molecule has 1 atom stereocenters. The van der Waals surface area contributed by atoms with Crippen LogP contribution in [-0.2, 0) is 11.2 Å². The van der Waals surface area contributed by atoms with Crippen LogP contribution < -0.4 is 10.9 Å². The van der Waals surface area contributed by atoms with Crippen LogP contribution in [0.25, 0.3) is 10.8 Å². The van der Waals surface area contributed by atoms with E-state index in [0.717, 1.165) is 0 Å². The van der Waals surface area contributed by atoms with Crippen molar-refractivity contribution in [3.8, 4) is 0 Å². The van der Waals surface area contributed by atoms with Crippen molar-refractivity contribution in [1.29, 1.82) is 0 Å². The van der Waals surface area contributed by atoms with Gasteiger partial charge < -0.3 is 9.73 Å². The summed E-state index contributed by atoms with van der Waals surface area (Å²) in [6.45, 7) is 0. The molecule has 122 valence electrons. The maximum Gasteiger partial charge on any atom is 0.343 e. The predicted molar refractivity (Wildman–Crippen MR) is 81.5 cm³/mol. The summed E-state index contributed by atoms with van der Waals surface area (Å²) >= 11 is 0. The Morgan fingerprint density at radius 2 is 2.13 bits per heavy atom. The fraction of sp³-hybridized carbons (Fsp3) is 0.412. The Hall–Kier alpha value is -2.24. The van der Waals surface area contributed by atoms with Crippen molar-refractivity contribution in [1.82, 2.24) is 5.32 Å². The van der Waals surface area contributed by atoms with Gasteiger partial charge in [-0.05, 0) is 30.4 Å². The zero-order valence-electron chi connectivity index (χ0n) is 12.5. The first-order chi connectivity index (χ1) is 10.9. The standard InChI is InChI=1S/C17H17F2NO3/c18-17(19)7-3-5-12(10-17)20-15(21)9-13-8-11-4-1-2-6-14(11)16(22)23-13/h1-2,4,6,8,12H,3,5,7,9-10H2,(H,20,21). The highest BCUT2D eigenvalue weighted by molar-refractivity contribution is 5.83. The van der Waals surface area contributed by atoms with Crippen LogP contribution in [0.15, 0.2) is 39.5 Å². The number of alkyl halides is 2. The van der Waals surface area contributed by atoms with Crippen LogP contribution in [0.3, 0.4) is 0 Å². The Morgan fingerprint density at radius 3 is 2.91 bits per heavy atom. The zero-order chi connectivity index (χ0) is 16.4. The van der Waals surface area contributed by atoms with Crippen LogP contribution in [0.1, 0.15) is 31.4 Å². The molecular weight excluding hydrogens is 304 g/mol. The molecule has 6 heteroatoms. The maximum atomic E-state index is 13.3. The van der Waals surface area contributed by atoms with Crippen LogP contribution in [-0.4, -0.2) is 17.9 Å². The number of amides is 1. The first kappa shape index (κ1) is 15.6. The molecule has 0 aliphatic heterocycles. The fourth-order valence-electron chi connectivity index (χ4n) is 3.00. The Balaban J connectivity index is 1.69.